The highest BCUT2D eigenvalue weighted by Crippen LogP contribution is 1.86. The van der Waals surface area contributed by atoms with Crippen molar-refractivity contribution in [3.05, 3.63) is 0 Å². The number of hydrogen-bond acceptors (Lipinski definition) is 7. The first-order valence-corrected chi connectivity index (χ1v) is 6.66. The van der Waals surface area contributed by atoms with E-state index >= 15 is 0 Å². The van der Waals surface area contributed by atoms with Crippen molar-refractivity contribution in [3.63, 3.8) is 0 Å². The van der Waals surface area contributed by atoms with E-state index in [1.165, 1.54) is 0 Å². The van der Waals surface area contributed by atoms with E-state index in [1.807, 2.05) is 23.0 Å². The zero-order valence-corrected chi connectivity index (χ0v) is 12.6. The molecule has 8 heteroatoms. The van der Waals surface area contributed by atoms with Crippen LogP contribution in [-0.4, -0.2) is 66.1 Å². The van der Waals surface area contributed by atoms with E-state index in [0.29, 0.717) is 66.1 Å². The molecule has 0 atom stereocenters. The fraction of sp³-hybridized carbons (Fsp3) is 1.00. The molecule has 0 bridgehead atoms. The van der Waals surface area contributed by atoms with Gasteiger partial charge in [0.2, 0.25) is 0 Å². The SMILES string of the molecule is NOCCOCCOCCOCCOCCOI. The van der Waals surface area contributed by atoms with Gasteiger partial charge in [-0.25, -0.2) is 5.90 Å². The summed E-state index contributed by atoms with van der Waals surface area (Å²) in [6.45, 7) is 5.37. The minimum atomic E-state index is 0.395. The smallest absolute Gasteiger partial charge is 0.109 e. The van der Waals surface area contributed by atoms with Crippen molar-refractivity contribution in [2.45, 2.75) is 0 Å². The molecule has 0 amide bonds. The summed E-state index contributed by atoms with van der Waals surface area (Å²) in [5.74, 6) is 4.83. The van der Waals surface area contributed by atoms with Crippen LogP contribution in [0.15, 0.2) is 0 Å². The quantitative estimate of drug-likeness (QED) is 0.249. The van der Waals surface area contributed by atoms with Crippen LogP contribution in [0.2, 0.25) is 0 Å². The summed E-state index contributed by atoms with van der Waals surface area (Å²) >= 11 is 1.83. The van der Waals surface area contributed by atoms with E-state index in [4.69, 9.17) is 27.9 Å². The summed E-state index contributed by atoms with van der Waals surface area (Å²) < 4.78 is 25.7. The van der Waals surface area contributed by atoms with Crippen LogP contribution in [0.5, 0.6) is 0 Å². The summed E-state index contributed by atoms with van der Waals surface area (Å²) in [7, 11) is 0. The molecule has 0 unspecified atom stereocenters. The molecule has 0 spiro atoms. The lowest BCUT2D eigenvalue weighted by Gasteiger charge is -2.07. The molecule has 0 aliphatic rings. The Morgan fingerprint density at radius 2 is 0.889 bits per heavy atom. The summed E-state index contributed by atoms with van der Waals surface area (Å²) in [5, 5.41) is 0. The molecular formula is C10H22INO6. The van der Waals surface area contributed by atoms with Crippen LogP contribution in [0.25, 0.3) is 0 Å². The Hall–Kier alpha value is 0.450. The topological polar surface area (TPSA) is 81.4 Å². The molecule has 0 aliphatic carbocycles. The van der Waals surface area contributed by atoms with Crippen LogP contribution < -0.4 is 5.90 Å². The normalized spacial score (nSPS) is 11.0. The fourth-order valence-corrected chi connectivity index (χ4v) is 1.14. The number of ether oxygens (including phenoxy) is 4. The van der Waals surface area contributed by atoms with Gasteiger partial charge >= 0.3 is 0 Å². The molecule has 7 nitrogen and oxygen atoms in total. The third kappa shape index (κ3) is 16.4. The van der Waals surface area contributed by atoms with Crippen molar-refractivity contribution in [1.82, 2.24) is 0 Å². The predicted octanol–water partition coefficient (Wildman–Crippen LogP) is 0.310. The highest BCUT2D eigenvalue weighted by atomic mass is 127. The summed E-state index contributed by atoms with van der Waals surface area (Å²) in [4.78, 5) is 4.34. The van der Waals surface area contributed by atoms with E-state index in [9.17, 15) is 0 Å². The molecule has 18 heavy (non-hydrogen) atoms. The Labute approximate surface area is 122 Å². The molecule has 0 aromatic rings. The van der Waals surface area contributed by atoms with Crippen LogP contribution in [-0.2, 0) is 26.9 Å². The van der Waals surface area contributed by atoms with E-state index in [0.717, 1.165) is 0 Å². The molecular weight excluding hydrogens is 357 g/mol. The van der Waals surface area contributed by atoms with E-state index in [1.54, 1.807) is 0 Å². The van der Waals surface area contributed by atoms with Crippen molar-refractivity contribution >= 4 is 23.0 Å². The summed E-state index contributed by atoms with van der Waals surface area (Å²) in [5.41, 5.74) is 0. The third-order valence-electron chi connectivity index (χ3n) is 1.77. The molecule has 0 saturated heterocycles. The van der Waals surface area contributed by atoms with Crippen LogP contribution in [0.1, 0.15) is 0 Å². The zero-order valence-electron chi connectivity index (χ0n) is 10.5. The molecule has 0 aliphatic heterocycles. The minimum Gasteiger partial charge on any atom is -0.377 e. The van der Waals surface area contributed by atoms with Gasteiger partial charge in [-0.2, -0.15) is 0 Å². The first-order chi connectivity index (χ1) is 8.91. The molecule has 0 aromatic carbocycles. The monoisotopic (exact) mass is 379 g/mol. The number of halogens is 1. The van der Waals surface area contributed by atoms with Gasteiger partial charge in [-0.1, -0.05) is 0 Å². The van der Waals surface area contributed by atoms with Crippen molar-refractivity contribution in [2.75, 3.05) is 66.1 Å². The highest BCUT2D eigenvalue weighted by Gasteiger charge is 1.92. The number of hydrogen-bond donors (Lipinski definition) is 1. The fourth-order valence-electron chi connectivity index (χ4n) is 0.959. The van der Waals surface area contributed by atoms with Crippen molar-refractivity contribution in [3.8, 4) is 0 Å². The van der Waals surface area contributed by atoms with Gasteiger partial charge < -0.3 is 26.9 Å². The Morgan fingerprint density at radius 3 is 1.22 bits per heavy atom. The van der Waals surface area contributed by atoms with E-state index in [2.05, 4.69) is 4.84 Å². The lowest BCUT2D eigenvalue weighted by atomic mass is 10.7. The van der Waals surface area contributed by atoms with Crippen LogP contribution in [0, 0.1) is 0 Å². The average Bonchev–Trinajstić information content (AvgIpc) is 2.39. The Balaban J connectivity index is 2.86. The number of rotatable bonds is 15. The number of nitrogens with two attached hydrogens (primary N) is 1. The highest BCUT2D eigenvalue weighted by molar-refractivity contribution is 14.1. The third-order valence-corrected chi connectivity index (χ3v) is 2.21. The first kappa shape index (κ1) is 18.4. The van der Waals surface area contributed by atoms with Gasteiger partial charge in [0.25, 0.3) is 0 Å². The van der Waals surface area contributed by atoms with Gasteiger partial charge in [0.1, 0.15) is 23.0 Å². The molecule has 0 fully saturated rings. The van der Waals surface area contributed by atoms with Gasteiger partial charge in [-0.05, 0) is 0 Å². The molecule has 0 aromatic heterocycles. The standard InChI is InChI=1S/C10H22INO6/c11-17-9-7-15-5-3-13-1-2-14-4-6-16-8-10-18-12/h1-10,12H2. The summed E-state index contributed by atoms with van der Waals surface area (Å²) in [6.07, 6.45) is 0. The Morgan fingerprint density at radius 1 is 0.556 bits per heavy atom. The lowest BCUT2D eigenvalue weighted by molar-refractivity contribution is -0.0122. The molecule has 0 heterocycles. The van der Waals surface area contributed by atoms with Crippen LogP contribution >= 0.6 is 23.0 Å². The molecule has 2 N–H and O–H groups in total. The second kappa shape index (κ2) is 17.4. The maximum Gasteiger partial charge on any atom is 0.109 e. The average molecular weight is 379 g/mol. The summed E-state index contributed by atoms with van der Waals surface area (Å²) in [6, 6.07) is 0. The van der Waals surface area contributed by atoms with Gasteiger partial charge in [0.05, 0.1) is 66.1 Å². The first-order valence-electron chi connectivity index (χ1n) is 5.78. The lowest BCUT2D eigenvalue weighted by Crippen LogP contribution is -2.14. The molecule has 0 rings (SSSR count). The van der Waals surface area contributed by atoms with E-state index in [-0.39, 0.29) is 0 Å². The largest absolute Gasteiger partial charge is 0.377 e. The van der Waals surface area contributed by atoms with Crippen molar-refractivity contribution in [1.29, 1.82) is 0 Å². The van der Waals surface area contributed by atoms with E-state index < -0.39 is 0 Å². The van der Waals surface area contributed by atoms with Gasteiger partial charge in [0.15, 0.2) is 0 Å². The second-order valence-corrected chi connectivity index (χ2v) is 3.76. The molecule has 0 saturated carbocycles. The predicted molar refractivity (Wildman–Crippen MR) is 73.4 cm³/mol. The zero-order chi connectivity index (χ0) is 13.3. The maximum atomic E-state index is 5.29. The van der Waals surface area contributed by atoms with Crippen molar-refractivity contribution in [2.24, 2.45) is 5.90 Å². The maximum absolute atomic E-state index is 5.29. The van der Waals surface area contributed by atoms with Crippen molar-refractivity contribution < 1.29 is 26.9 Å². The van der Waals surface area contributed by atoms with Crippen LogP contribution in [0.3, 0.4) is 0 Å². The van der Waals surface area contributed by atoms with Gasteiger partial charge in [-0.15, -0.1) is 0 Å². The van der Waals surface area contributed by atoms with Gasteiger partial charge in [0, 0.05) is 0 Å². The Kier molecular flexibility index (Phi) is 17.9. The van der Waals surface area contributed by atoms with Crippen LogP contribution in [0.4, 0.5) is 0 Å². The molecule has 110 valence electrons. The Bertz CT molecular complexity index is 138. The second-order valence-electron chi connectivity index (χ2n) is 3.13. The van der Waals surface area contributed by atoms with Gasteiger partial charge in [-0.3, -0.25) is 0 Å². The molecule has 0 radical (unpaired) electrons. The minimum absolute atomic E-state index is 0.395.